The molecule has 2 aromatic rings. The van der Waals surface area contributed by atoms with Crippen LogP contribution in [0.3, 0.4) is 0 Å². The first-order chi connectivity index (χ1) is 12.0. The van der Waals surface area contributed by atoms with E-state index >= 15 is 0 Å². The summed E-state index contributed by atoms with van der Waals surface area (Å²) in [5.74, 6) is 0.00635. The Bertz CT molecular complexity index is 811. The average Bonchev–Trinajstić information content (AvgIpc) is 2.62. The van der Waals surface area contributed by atoms with Gasteiger partial charge < -0.3 is 14.2 Å². The van der Waals surface area contributed by atoms with E-state index in [2.05, 4.69) is 5.32 Å². The van der Waals surface area contributed by atoms with E-state index in [0.29, 0.717) is 21.5 Å². The van der Waals surface area contributed by atoms with Crippen molar-refractivity contribution in [2.45, 2.75) is 6.10 Å². The highest BCUT2D eigenvalue weighted by atomic mass is 35.5. The van der Waals surface area contributed by atoms with Crippen LogP contribution >= 0.6 is 23.2 Å². The Labute approximate surface area is 153 Å². The third kappa shape index (κ3) is 4.35. The van der Waals surface area contributed by atoms with Crippen molar-refractivity contribution < 1.29 is 23.8 Å². The number of carbonyl (C=O) groups excluding carboxylic acids is 2. The number of carbonyl (C=O) groups is 2. The Kier molecular flexibility index (Phi) is 5.31. The lowest BCUT2D eigenvalue weighted by atomic mass is 10.2. The van der Waals surface area contributed by atoms with E-state index in [1.807, 2.05) is 0 Å². The molecule has 0 spiro atoms. The first-order valence-electron chi connectivity index (χ1n) is 7.33. The van der Waals surface area contributed by atoms with E-state index in [1.165, 1.54) is 6.07 Å². The molecule has 1 aliphatic rings. The Hall–Kier alpha value is -2.44. The molecule has 0 aliphatic carbocycles. The van der Waals surface area contributed by atoms with Crippen LogP contribution in [0.15, 0.2) is 42.5 Å². The summed E-state index contributed by atoms with van der Waals surface area (Å²) >= 11 is 11.8. The summed E-state index contributed by atoms with van der Waals surface area (Å²) < 4.78 is 16.2. The quantitative estimate of drug-likeness (QED) is 0.881. The molecule has 0 unspecified atom stereocenters. The lowest BCUT2D eigenvalue weighted by Gasteiger charge is -2.25. The summed E-state index contributed by atoms with van der Waals surface area (Å²) in [6.07, 6.45) is -0.923. The van der Waals surface area contributed by atoms with E-state index in [9.17, 15) is 9.59 Å². The minimum atomic E-state index is -0.923. The van der Waals surface area contributed by atoms with E-state index < -0.39 is 24.5 Å². The van der Waals surface area contributed by atoms with Gasteiger partial charge in [0, 0.05) is 11.1 Å². The number of amides is 2. The summed E-state index contributed by atoms with van der Waals surface area (Å²) in [5, 5.41) is 2.93. The molecular formula is C17H13Cl2NO5. The van der Waals surface area contributed by atoms with Crippen LogP contribution in [0.2, 0.25) is 10.0 Å². The molecule has 0 bridgehead atoms. The van der Waals surface area contributed by atoms with Crippen LogP contribution in [0.1, 0.15) is 0 Å². The van der Waals surface area contributed by atoms with Crippen molar-refractivity contribution in [3.8, 4) is 17.2 Å². The van der Waals surface area contributed by atoms with Crippen LogP contribution in [0, 0.1) is 0 Å². The van der Waals surface area contributed by atoms with Crippen molar-refractivity contribution >= 4 is 35.0 Å². The Morgan fingerprint density at radius 1 is 1.16 bits per heavy atom. The first kappa shape index (κ1) is 17.4. The Balaban J connectivity index is 1.53. The molecule has 0 fully saturated rings. The molecule has 0 saturated heterocycles. The maximum atomic E-state index is 12.1. The van der Waals surface area contributed by atoms with Gasteiger partial charge in [-0.25, -0.2) is 0 Å². The molecule has 130 valence electrons. The normalized spacial score (nSPS) is 15.4. The van der Waals surface area contributed by atoms with Gasteiger partial charge in [0.05, 0.1) is 5.02 Å². The minimum Gasteiger partial charge on any atom is -0.485 e. The van der Waals surface area contributed by atoms with Crippen LogP contribution in [0.5, 0.6) is 17.2 Å². The van der Waals surface area contributed by atoms with Gasteiger partial charge in [-0.15, -0.1) is 0 Å². The molecular weight excluding hydrogens is 369 g/mol. The van der Waals surface area contributed by atoms with Crippen molar-refractivity contribution in [2.75, 3.05) is 13.2 Å². The number of hydrogen-bond acceptors (Lipinski definition) is 5. The number of rotatable bonds is 4. The van der Waals surface area contributed by atoms with Gasteiger partial charge in [-0.05, 0) is 24.3 Å². The number of nitrogens with one attached hydrogen (secondary N) is 1. The Morgan fingerprint density at radius 3 is 2.72 bits per heavy atom. The molecule has 1 heterocycles. The van der Waals surface area contributed by atoms with Crippen molar-refractivity contribution in [2.24, 2.45) is 0 Å². The second-order valence-electron chi connectivity index (χ2n) is 5.14. The molecule has 0 aromatic heterocycles. The SMILES string of the molecule is O=C(COc1cc(Cl)ccc1Cl)NC(=O)[C@H]1COc2ccccc2O1. The highest BCUT2D eigenvalue weighted by Gasteiger charge is 2.28. The highest BCUT2D eigenvalue weighted by Crippen LogP contribution is 2.31. The van der Waals surface area contributed by atoms with Crippen LogP contribution in [0.25, 0.3) is 0 Å². The molecule has 2 aromatic carbocycles. The average molecular weight is 382 g/mol. The molecule has 0 saturated carbocycles. The van der Waals surface area contributed by atoms with Crippen molar-refractivity contribution in [3.63, 3.8) is 0 Å². The van der Waals surface area contributed by atoms with Crippen LogP contribution in [-0.4, -0.2) is 31.1 Å². The summed E-state index contributed by atoms with van der Waals surface area (Å²) in [4.78, 5) is 24.0. The minimum absolute atomic E-state index is 0.0110. The molecule has 3 rings (SSSR count). The monoisotopic (exact) mass is 381 g/mol. The largest absolute Gasteiger partial charge is 0.485 e. The topological polar surface area (TPSA) is 73.9 Å². The van der Waals surface area contributed by atoms with Gasteiger partial charge in [-0.2, -0.15) is 0 Å². The summed E-state index contributed by atoms with van der Waals surface area (Å²) in [5.41, 5.74) is 0. The van der Waals surface area contributed by atoms with E-state index in [0.717, 1.165) is 0 Å². The zero-order chi connectivity index (χ0) is 17.8. The standard InChI is InChI=1S/C17H13Cl2NO5/c18-10-5-6-11(19)14(7-10)24-9-16(21)20-17(22)15-8-23-12-3-1-2-4-13(12)25-15/h1-7,15H,8-9H2,(H,20,21,22)/t15-/m1/s1. The van der Waals surface area contributed by atoms with Crippen molar-refractivity contribution in [1.82, 2.24) is 5.32 Å². The number of hydrogen-bond donors (Lipinski definition) is 1. The van der Waals surface area contributed by atoms with Gasteiger partial charge in [0.25, 0.3) is 11.8 Å². The summed E-state index contributed by atoms with van der Waals surface area (Å²) in [6, 6.07) is 11.6. The summed E-state index contributed by atoms with van der Waals surface area (Å²) in [6.45, 7) is -0.382. The van der Waals surface area contributed by atoms with Crippen LogP contribution in [-0.2, 0) is 9.59 Å². The summed E-state index contributed by atoms with van der Waals surface area (Å²) in [7, 11) is 0. The molecule has 1 N–H and O–H groups in total. The zero-order valence-corrected chi connectivity index (χ0v) is 14.3. The van der Waals surface area contributed by atoms with Crippen molar-refractivity contribution in [3.05, 3.63) is 52.5 Å². The fourth-order valence-electron chi connectivity index (χ4n) is 2.13. The zero-order valence-electron chi connectivity index (χ0n) is 12.8. The van der Waals surface area contributed by atoms with Gasteiger partial charge >= 0.3 is 0 Å². The van der Waals surface area contributed by atoms with Crippen molar-refractivity contribution in [1.29, 1.82) is 0 Å². The molecule has 2 amide bonds. The predicted molar refractivity (Wildman–Crippen MR) is 91.5 cm³/mol. The Morgan fingerprint density at radius 2 is 1.92 bits per heavy atom. The third-order valence-electron chi connectivity index (χ3n) is 3.32. The predicted octanol–water partition coefficient (Wildman–Crippen LogP) is 2.86. The van der Waals surface area contributed by atoms with Gasteiger partial charge in [0.1, 0.15) is 12.4 Å². The molecule has 6 nitrogen and oxygen atoms in total. The van der Waals surface area contributed by atoms with Gasteiger partial charge in [0.2, 0.25) is 6.10 Å². The number of ether oxygens (including phenoxy) is 3. The number of imide groups is 1. The van der Waals surface area contributed by atoms with Gasteiger partial charge in [0.15, 0.2) is 18.1 Å². The molecule has 8 heteroatoms. The smallest absolute Gasteiger partial charge is 0.271 e. The number of benzene rings is 2. The van der Waals surface area contributed by atoms with Crippen LogP contribution in [0.4, 0.5) is 0 Å². The van der Waals surface area contributed by atoms with E-state index in [4.69, 9.17) is 37.4 Å². The second kappa shape index (κ2) is 7.63. The van der Waals surface area contributed by atoms with Crippen LogP contribution < -0.4 is 19.5 Å². The van der Waals surface area contributed by atoms with Gasteiger partial charge in [-0.1, -0.05) is 35.3 Å². The fourth-order valence-corrected chi connectivity index (χ4v) is 2.47. The third-order valence-corrected chi connectivity index (χ3v) is 3.86. The maximum Gasteiger partial charge on any atom is 0.271 e. The number of halogens is 2. The molecule has 1 atom stereocenters. The van der Waals surface area contributed by atoms with E-state index in [1.54, 1.807) is 36.4 Å². The molecule has 1 aliphatic heterocycles. The second-order valence-corrected chi connectivity index (χ2v) is 5.98. The highest BCUT2D eigenvalue weighted by molar-refractivity contribution is 6.34. The number of fused-ring (bicyclic) bond motifs is 1. The first-order valence-corrected chi connectivity index (χ1v) is 8.08. The number of para-hydroxylation sites is 2. The molecule has 25 heavy (non-hydrogen) atoms. The lowest BCUT2D eigenvalue weighted by molar-refractivity contribution is -0.137. The van der Waals surface area contributed by atoms with Gasteiger partial charge in [-0.3, -0.25) is 14.9 Å². The fraction of sp³-hybridized carbons (Fsp3) is 0.176. The lowest BCUT2D eigenvalue weighted by Crippen LogP contribution is -2.47. The van der Waals surface area contributed by atoms with E-state index in [-0.39, 0.29) is 12.4 Å². The molecule has 0 radical (unpaired) electrons. The maximum absolute atomic E-state index is 12.1.